The quantitative estimate of drug-likeness (QED) is 0.133. The van der Waals surface area contributed by atoms with E-state index in [4.69, 9.17) is 4.74 Å². The van der Waals surface area contributed by atoms with Crippen LogP contribution in [0.2, 0.25) is 0 Å². The van der Waals surface area contributed by atoms with E-state index in [1.54, 1.807) is 0 Å². The van der Waals surface area contributed by atoms with E-state index in [0.717, 1.165) is 106 Å². The van der Waals surface area contributed by atoms with Gasteiger partial charge in [0.25, 0.3) is 6.71 Å². The maximum atomic E-state index is 7.91. The van der Waals surface area contributed by atoms with E-state index in [2.05, 4.69) is 382 Å². The fourth-order valence-electron chi connectivity index (χ4n) is 18.7. The van der Waals surface area contributed by atoms with Crippen molar-refractivity contribution in [1.29, 1.82) is 0 Å². The van der Waals surface area contributed by atoms with Gasteiger partial charge in [0.1, 0.15) is 11.5 Å². The minimum Gasteiger partial charge on any atom is -0.458 e. The maximum absolute atomic E-state index is 7.91. The summed E-state index contributed by atoms with van der Waals surface area (Å²) in [6.45, 7) is 4.35. The molecular weight excluding hydrogens is 1290 g/mol. The van der Waals surface area contributed by atoms with E-state index in [1.807, 2.05) is 0 Å². The van der Waals surface area contributed by atoms with Gasteiger partial charge in [-0.05, 0) is 188 Å². The van der Waals surface area contributed by atoms with Crippen LogP contribution in [0.15, 0.2) is 346 Å². The van der Waals surface area contributed by atoms with Crippen LogP contribution in [0.25, 0.3) is 182 Å². The van der Waals surface area contributed by atoms with Gasteiger partial charge in [-0.1, -0.05) is 238 Å². The first-order valence-corrected chi connectivity index (χ1v) is 36.9. The van der Waals surface area contributed by atoms with Crippen LogP contribution in [0, 0.1) is 0 Å². The van der Waals surface area contributed by atoms with E-state index in [-0.39, 0.29) is 12.6 Å². The molecule has 0 atom stereocenters. The number of fused-ring (bicyclic) bond motifs is 19. The molecule has 23 rings (SSSR count). The molecule has 0 fully saturated rings. The SMILES string of the molecule is CC(C)c1cc2c3c(c1)-n1c4ccc(-n5c6ccccc6c6cc(-n7c8ccccc8c8ccccc87)ccc65)cc4c4cc(-n5c6ccccc6c6cc(-n7c8ccccc8c8ccccc87)ccc65)cc(c41)B3c1cc(-c3ccccc3-c3ccccc3)cc(-c3ccccc3-c3ccccc3)c1O2. The Morgan fingerprint density at radius 2 is 0.613 bits per heavy atom. The molecule has 494 valence electrons. The van der Waals surface area contributed by atoms with Crippen molar-refractivity contribution in [2.75, 3.05) is 0 Å². The van der Waals surface area contributed by atoms with Gasteiger partial charge in [0, 0.05) is 93.4 Å². The third-order valence-corrected chi connectivity index (χ3v) is 23.3. The van der Waals surface area contributed by atoms with Gasteiger partial charge in [-0.3, -0.25) is 0 Å². The van der Waals surface area contributed by atoms with Gasteiger partial charge in [-0.2, -0.15) is 0 Å². The summed E-state index contributed by atoms with van der Waals surface area (Å²) in [5, 5.41) is 12.1. The highest BCUT2D eigenvalue weighted by molar-refractivity contribution is 6.99. The first kappa shape index (κ1) is 59.0. The Morgan fingerprint density at radius 1 is 0.255 bits per heavy atom. The van der Waals surface area contributed by atoms with Crippen molar-refractivity contribution in [3.05, 3.63) is 351 Å². The highest BCUT2D eigenvalue weighted by Crippen LogP contribution is 2.49. The normalized spacial score (nSPS) is 12.6. The predicted octanol–water partition coefficient (Wildman–Crippen LogP) is 23.9. The largest absolute Gasteiger partial charge is 0.458 e. The first-order valence-electron chi connectivity index (χ1n) is 36.9. The van der Waals surface area contributed by atoms with Crippen LogP contribution < -0.4 is 21.1 Å². The molecule has 0 radical (unpaired) electrons. The fraction of sp³-hybridized carbons (Fsp3) is 0.0303. The number of benzene rings is 16. The topological polar surface area (TPSA) is 33.9 Å². The van der Waals surface area contributed by atoms with Gasteiger partial charge in [0.15, 0.2) is 0 Å². The van der Waals surface area contributed by atoms with Crippen LogP contribution in [0.5, 0.6) is 11.5 Å². The van der Waals surface area contributed by atoms with Gasteiger partial charge in [0.2, 0.25) is 0 Å². The second-order valence-corrected chi connectivity index (χ2v) is 29.2. The smallest absolute Gasteiger partial charge is 0.256 e. The summed E-state index contributed by atoms with van der Waals surface area (Å²) in [5.74, 6) is 1.96. The Labute approximate surface area is 611 Å². The van der Waals surface area contributed by atoms with E-state index in [9.17, 15) is 0 Å². The molecule has 2 aliphatic rings. The molecule has 16 aromatic carbocycles. The molecule has 5 aromatic heterocycles. The molecule has 0 saturated heterocycles. The number of nitrogens with zero attached hydrogens (tertiary/aromatic N) is 5. The molecular formula is C99H64BN5O. The van der Waals surface area contributed by atoms with Gasteiger partial charge in [-0.25, -0.2) is 0 Å². The van der Waals surface area contributed by atoms with Crippen LogP contribution in [0.3, 0.4) is 0 Å². The third-order valence-electron chi connectivity index (χ3n) is 23.3. The minimum atomic E-state index is -0.281. The molecule has 0 saturated carbocycles. The molecule has 6 nitrogen and oxygen atoms in total. The van der Waals surface area contributed by atoms with Crippen LogP contribution in [0.1, 0.15) is 25.3 Å². The summed E-state index contributed by atoms with van der Waals surface area (Å²) in [6, 6.07) is 129. The van der Waals surface area contributed by atoms with Crippen molar-refractivity contribution in [2.45, 2.75) is 19.8 Å². The number of ether oxygens (including phenoxy) is 1. The predicted molar refractivity (Wildman–Crippen MR) is 445 cm³/mol. The molecule has 0 unspecified atom stereocenters. The Hall–Kier alpha value is -13.6. The lowest BCUT2D eigenvalue weighted by Gasteiger charge is -2.36. The Bertz CT molecular complexity index is 7240. The molecule has 0 bridgehead atoms. The van der Waals surface area contributed by atoms with Gasteiger partial charge in [0.05, 0.1) is 49.7 Å². The highest BCUT2D eigenvalue weighted by Gasteiger charge is 2.43. The fourth-order valence-corrected chi connectivity index (χ4v) is 18.7. The molecule has 0 N–H and O–H groups in total. The van der Waals surface area contributed by atoms with Crippen molar-refractivity contribution in [3.63, 3.8) is 0 Å². The van der Waals surface area contributed by atoms with Crippen LogP contribution >= 0.6 is 0 Å². The lowest BCUT2D eigenvalue weighted by molar-refractivity contribution is 0.488. The molecule has 0 spiro atoms. The summed E-state index contributed by atoms with van der Waals surface area (Å²) >= 11 is 0. The van der Waals surface area contributed by atoms with Crippen molar-refractivity contribution in [3.8, 4) is 84.4 Å². The van der Waals surface area contributed by atoms with Crippen LogP contribution in [-0.2, 0) is 0 Å². The van der Waals surface area contributed by atoms with E-state index >= 15 is 0 Å². The van der Waals surface area contributed by atoms with Gasteiger partial charge in [-0.15, -0.1) is 0 Å². The maximum Gasteiger partial charge on any atom is 0.256 e. The molecule has 0 aliphatic carbocycles. The first-order chi connectivity index (χ1) is 52.4. The molecule has 21 aromatic rings. The Morgan fingerprint density at radius 3 is 1.08 bits per heavy atom. The molecule has 106 heavy (non-hydrogen) atoms. The van der Waals surface area contributed by atoms with Crippen molar-refractivity contribution < 1.29 is 4.74 Å². The van der Waals surface area contributed by atoms with Crippen molar-refractivity contribution in [1.82, 2.24) is 22.8 Å². The number of aromatic nitrogens is 5. The van der Waals surface area contributed by atoms with E-state index in [1.165, 1.54) is 109 Å². The van der Waals surface area contributed by atoms with E-state index < -0.39 is 0 Å². The summed E-state index contributed by atoms with van der Waals surface area (Å²) in [6.07, 6.45) is 0. The zero-order valence-electron chi connectivity index (χ0n) is 58.2. The zero-order chi connectivity index (χ0) is 69.6. The summed E-state index contributed by atoms with van der Waals surface area (Å²) in [4.78, 5) is 0. The summed E-state index contributed by atoms with van der Waals surface area (Å²) < 4.78 is 20.5. The Kier molecular flexibility index (Phi) is 12.5. The van der Waals surface area contributed by atoms with Crippen LogP contribution in [0.4, 0.5) is 0 Å². The second kappa shape index (κ2) is 22.4. The highest BCUT2D eigenvalue weighted by atomic mass is 16.5. The summed E-state index contributed by atoms with van der Waals surface area (Å²) in [5.41, 5.74) is 31.1. The molecule has 7 heterocycles. The molecule has 7 heteroatoms. The van der Waals surface area contributed by atoms with E-state index in [0.29, 0.717) is 0 Å². The standard InChI is InChI=1S/C99H64BN5O/c1-60(2)63-53-95-97-96(54-63)106-99-83(72-32-12-11-30-70(72)62-27-7-4-8-28-62)51-64(71-31-10-9-29-69(71)61-25-5-3-6-26-61)52-85(99)100(97)84-59-68(104-91-44-24-18-38-78(91)80-56-66(46-49-93(80)104)102-88-41-21-15-35-75(88)76-36-16-22-42-89(76)102)58-82-81-57-67(47-50-94(81)105(95)98(82)84)103-90-43-23-17-37-77(90)79-55-65(45-48-92(79)103)101-86-39-19-13-33-73(86)74-34-14-20-40-87(74)101/h3-60H,1-2H3. The van der Waals surface area contributed by atoms with Crippen LogP contribution in [-0.4, -0.2) is 29.5 Å². The monoisotopic (exact) mass is 1350 g/mol. The Balaban J connectivity index is 0.823. The van der Waals surface area contributed by atoms with Crippen molar-refractivity contribution >= 4 is 132 Å². The average molecular weight is 1350 g/mol. The lowest BCUT2D eigenvalue weighted by Crippen LogP contribution is -2.58. The third kappa shape index (κ3) is 8.39. The number of para-hydroxylation sites is 6. The second-order valence-electron chi connectivity index (χ2n) is 29.2. The zero-order valence-corrected chi connectivity index (χ0v) is 58.2. The number of hydrogen-bond donors (Lipinski definition) is 0. The number of rotatable bonds is 9. The minimum absolute atomic E-state index is 0.199. The molecule has 0 amide bonds. The lowest BCUT2D eigenvalue weighted by atomic mass is 9.34. The van der Waals surface area contributed by atoms with Gasteiger partial charge >= 0.3 is 0 Å². The van der Waals surface area contributed by atoms with Crippen molar-refractivity contribution in [2.24, 2.45) is 0 Å². The van der Waals surface area contributed by atoms with Gasteiger partial charge < -0.3 is 27.6 Å². The molecule has 2 aliphatic heterocycles. The summed E-state index contributed by atoms with van der Waals surface area (Å²) in [7, 11) is 0. The number of hydrogen-bond acceptors (Lipinski definition) is 1. The average Bonchev–Trinajstić information content (AvgIpc) is 1.48.